The maximum atomic E-state index is 9.41. The van der Waals surface area contributed by atoms with Crippen LogP contribution in [0.5, 0.6) is 0 Å². The highest BCUT2D eigenvalue weighted by Gasteiger charge is 2.35. The fourth-order valence-corrected chi connectivity index (χ4v) is 1.83. The van der Waals surface area contributed by atoms with Gasteiger partial charge in [0, 0.05) is 5.41 Å². The first-order valence-electron chi connectivity index (χ1n) is 4.44. The second-order valence-corrected chi connectivity index (χ2v) is 3.54. The van der Waals surface area contributed by atoms with Crippen LogP contribution < -0.4 is 5.73 Å². The molecule has 68 valence electrons. The van der Waals surface area contributed by atoms with Crippen molar-refractivity contribution >= 4 is 0 Å². The molecule has 0 aromatic carbocycles. The average molecular weight is 159 g/mol. The van der Waals surface area contributed by atoms with Gasteiger partial charge >= 0.3 is 0 Å². The summed E-state index contributed by atoms with van der Waals surface area (Å²) >= 11 is 0. The predicted octanol–water partition coefficient (Wildman–Crippen LogP) is 1.73. The van der Waals surface area contributed by atoms with Crippen LogP contribution >= 0.6 is 0 Å². The van der Waals surface area contributed by atoms with Gasteiger partial charge in [0.05, 0.1) is 0 Å². The van der Waals surface area contributed by atoms with Crippen molar-refractivity contribution in [2.75, 3.05) is 0 Å². The molecule has 0 aliphatic carbocycles. The molecule has 3 N–H and O–H groups in total. The van der Waals surface area contributed by atoms with Gasteiger partial charge in [0.25, 0.3) is 0 Å². The summed E-state index contributed by atoms with van der Waals surface area (Å²) in [5.74, 6) is 0.442. The Morgan fingerprint density at radius 2 is 1.64 bits per heavy atom. The molecule has 0 aromatic heterocycles. The van der Waals surface area contributed by atoms with Crippen molar-refractivity contribution < 1.29 is 5.11 Å². The van der Waals surface area contributed by atoms with Crippen LogP contribution in [0.1, 0.15) is 40.5 Å². The molecule has 0 amide bonds. The van der Waals surface area contributed by atoms with Gasteiger partial charge in [-0.1, -0.05) is 27.7 Å². The highest BCUT2D eigenvalue weighted by Crippen LogP contribution is 2.36. The zero-order chi connectivity index (χ0) is 9.07. The van der Waals surface area contributed by atoms with Crippen LogP contribution in [0.3, 0.4) is 0 Å². The number of hydrogen-bond acceptors (Lipinski definition) is 2. The Hall–Kier alpha value is -0.0800. The third-order valence-corrected chi connectivity index (χ3v) is 3.06. The zero-order valence-corrected chi connectivity index (χ0v) is 8.09. The molecule has 0 fully saturated rings. The molecule has 0 radical (unpaired) electrons. The van der Waals surface area contributed by atoms with Crippen molar-refractivity contribution in [2.24, 2.45) is 17.1 Å². The van der Waals surface area contributed by atoms with Crippen LogP contribution in [0.4, 0.5) is 0 Å². The van der Waals surface area contributed by atoms with Gasteiger partial charge in [0.15, 0.2) is 0 Å². The van der Waals surface area contributed by atoms with Gasteiger partial charge in [0.2, 0.25) is 0 Å². The van der Waals surface area contributed by atoms with Crippen molar-refractivity contribution in [3.63, 3.8) is 0 Å². The second-order valence-electron chi connectivity index (χ2n) is 3.54. The van der Waals surface area contributed by atoms with Gasteiger partial charge in [0.1, 0.15) is 6.23 Å². The lowest BCUT2D eigenvalue weighted by Gasteiger charge is -2.38. The van der Waals surface area contributed by atoms with Crippen molar-refractivity contribution in [1.82, 2.24) is 0 Å². The smallest absolute Gasteiger partial charge is 0.108 e. The molecule has 0 saturated heterocycles. The molecule has 2 nitrogen and oxygen atoms in total. The molecule has 0 rings (SSSR count). The molecular formula is C9H21NO. The summed E-state index contributed by atoms with van der Waals surface area (Å²) in [6, 6.07) is 0. The molecule has 1 atom stereocenters. The summed E-state index contributed by atoms with van der Waals surface area (Å²) < 4.78 is 0. The number of nitrogens with two attached hydrogens (primary N) is 1. The Kier molecular flexibility index (Phi) is 4.04. The van der Waals surface area contributed by atoms with Gasteiger partial charge in [-0.25, -0.2) is 0 Å². The Morgan fingerprint density at radius 1 is 1.27 bits per heavy atom. The van der Waals surface area contributed by atoms with Crippen molar-refractivity contribution in [3.8, 4) is 0 Å². The van der Waals surface area contributed by atoms with Crippen LogP contribution in [0, 0.1) is 11.3 Å². The Labute approximate surface area is 69.8 Å². The second kappa shape index (κ2) is 4.07. The Bertz CT molecular complexity index is 96.1. The van der Waals surface area contributed by atoms with E-state index in [4.69, 9.17) is 5.73 Å². The summed E-state index contributed by atoms with van der Waals surface area (Å²) in [6.07, 6.45) is 1.20. The van der Waals surface area contributed by atoms with Crippen LogP contribution in [0.15, 0.2) is 0 Å². The van der Waals surface area contributed by atoms with Crippen LogP contribution in [0.25, 0.3) is 0 Å². The maximum Gasteiger partial charge on any atom is 0.108 e. The number of rotatable bonds is 4. The van der Waals surface area contributed by atoms with E-state index in [1.165, 1.54) is 0 Å². The molecule has 0 saturated carbocycles. The van der Waals surface area contributed by atoms with Gasteiger partial charge in [-0.2, -0.15) is 0 Å². The average Bonchev–Trinajstić information content (AvgIpc) is 1.90. The fraction of sp³-hybridized carbons (Fsp3) is 1.00. The van der Waals surface area contributed by atoms with E-state index in [9.17, 15) is 5.11 Å². The quantitative estimate of drug-likeness (QED) is 0.614. The summed E-state index contributed by atoms with van der Waals surface area (Å²) in [7, 11) is 0. The van der Waals surface area contributed by atoms with Crippen LogP contribution in [0.2, 0.25) is 0 Å². The number of hydrogen-bond donors (Lipinski definition) is 2. The molecule has 0 aromatic rings. The molecule has 0 aliphatic rings. The molecule has 0 heterocycles. The predicted molar refractivity (Wildman–Crippen MR) is 48.0 cm³/mol. The lowest BCUT2D eigenvalue weighted by atomic mass is 9.71. The first kappa shape index (κ1) is 10.9. The molecule has 0 spiro atoms. The Balaban J connectivity index is 4.46. The molecule has 11 heavy (non-hydrogen) atoms. The topological polar surface area (TPSA) is 46.2 Å². The minimum absolute atomic E-state index is 0.0833. The maximum absolute atomic E-state index is 9.41. The fourth-order valence-electron chi connectivity index (χ4n) is 1.83. The monoisotopic (exact) mass is 159 g/mol. The third-order valence-electron chi connectivity index (χ3n) is 3.06. The minimum atomic E-state index is -0.683. The molecule has 2 heteroatoms. The lowest BCUT2D eigenvalue weighted by molar-refractivity contribution is -0.0130. The van der Waals surface area contributed by atoms with Gasteiger partial charge in [-0.05, 0) is 18.8 Å². The zero-order valence-electron chi connectivity index (χ0n) is 8.09. The van der Waals surface area contributed by atoms with E-state index in [1.54, 1.807) is 0 Å². The summed E-state index contributed by atoms with van der Waals surface area (Å²) in [5.41, 5.74) is 5.47. The highest BCUT2D eigenvalue weighted by atomic mass is 16.3. The van der Waals surface area contributed by atoms with E-state index in [0.717, 1.165) is 12.8 Å². The van der Waals surface area contributed by atoms with E-state index in [2.05, 4.69) is 27.7 Å². The first-order chi connectivity index (χ1) is 5.01. The summed E-state index contributed by atoms with van der Waals surface area (Å²) in [5, 5.41) is 9.41. The van der Waals surface area contributed by atoms with Crippen LogP contribution in [-0.4, -0.2) is 11.3 Å². The normalized spacial score (nSPS) is 15.5. The molecule has 1 unspecified atom stereocenters. The number of aliphatic hydroxyl groups excluding tert-OH is 1. The van der Waals surface area contributed by atoms with E-state index in [0.29, 0.717) is 5.92 Å². The van der Waals surface area contributed by atoms with E-state index >= 15 is 0 Å². The van der Waals surface area contributed by atoms with Gasteiger partial charge in [-0.15, -0.1) is 0 Å². The van der Waals surface area contributed by atoms with Crippen molar-refractivity contribution in [3.05, 3.63) is 0 Å². The molecular weight excluding hydrogens is 138 g/mol. The van der Waals surface area contributed by atoms with Gasteiger partial charge < -0.3 is 10.8 Å². The van der Waals surface area contributed by atoms with Crippen LogP contribution in [-0.2, 0) is 0 Å². The first-order valence-corrected chi connectivity index (χ1v) is 4.44. The largest absolute Gasteiger partial charge is 0.378 e. The minimum Gasteiger partial charge on any atom is -0.378 e. The highest BCUT2D eigenvalue weighted by molar-refractivity contribution is 4.83. The molecule has 0 bridgehead atoms. The molecule has 0 aliphatic heterocycles. The van der Waals surface area contributed by atoms with E-state index in [-0.39, 0.29) is 5.41 Å². The van der Waals surface area contributed by atoms with E-state index in [1.807, 2.05) is 0 Å². The van der Waals surface area contributed by atoms with E-state index < -0.39 is 6.23 Å². The summed E-state index contributed by atoms with van der Waals surface area (Å²) in [4.78, 5) is 0. The lowest BCUT2D eigenvalue weighted by Crippen LogP contribution is -2.44. The Morgan fingerprint density at radius 3 is 1.64 bits per heavy atom. The summed E-state index contributed by atoms with van der Waals surface area (Å²) in [6.45, 7) is 8.39. The van der Waals surface area contributed by atoms with Crippen molar-refractivity contribution in [2.45, 2.75) is 46.8 Å². The number of aliphatic hydroxyl groups is 1. The standard InChI is InChI=1S/C9H21NO/c1-5-9(6-2,7(3)4)8(10)11/h7-8,11H,5-6,10H2,1-4H3. The SMILES string of the molecule is CCC(CC)(C(C)C)C(N)O. The van der Waals surface area contributed by atoms with Gasteiger partial charge in [-0.3, -0.25) is 0 Å². The third kappa shape index (κ3) is 1.94. The van der Waals surface area contributed by atoms with Crippen molar-refractivity contribution in [1.29, 1.82) is 0 Å².